The molecule has 8 heteroatoms. The predicted octanol–water partition coefficient (Wildman–Crippen LogP) is 5.34. The van der Waals surface area contributed by atoms with E-state index in [1.807, 2.05) is 24.3 Å². The Morgan fingerprint density at radius 3 is 2.57 bits per heavy atom. The molecular formula is C20H16BrClN2O3S. The Morgan fingerprint density at radius 1 is 1.21 bits per heavy atom. The number of thioether (sulfide) groups is 1. The highest BCUT2D eigenvalue weighted by molar-refractivity contribution is 9.10. The molecule has 1 aliphatic heterocycles. The summed E-state index contributed by atoms with van der Waals surface area (Å²) in [6, 6.07) is 12.7. The van der Waals surface area contributed by atoms with E-state index in [2.05, 4.69) is 28.2 Å². The minimum atomic E-state index is -0.478. The van der Waals surface area contributed by atoms with Gasteiger partial charge in [-0.15, -0.1) is 0 Å². The highest BCUT2D eigenvalue weighted by Crippen LogP contribution is 2.32. The lowest BCUT2D eigenvalue weighted by Crippen LogP contribution is -2.36. The first-order valence-corrected chi connectivity index (χ1v) is 10.5. The van der Waals surface area contributed by atoms with Crippen LogP contribution < -0.4 is 5.32 Å². The SMILES string of the molecule is CCc1ccc(/C=C2\SC(=O)N(CC(=O)Nc3ccc(Br)c(Cl)c3)C2=O)cc1. The number of hydrogen-bond acceptors (Lipinski definition) is 4. The summed E-state index contributed by atoms with van der Waals surface area (Å²) < 4.78 is 0.704. The van der Waals surface area contributed by atoms with Gasteiger partial charge in [0.05, 0.1) is 9.93 Å². The number of carbonyl (C=O) groups excluding carboxylic acids is 3. The number of hydrogen-bond donors (Lipinski definition) is 1. The van der Waals surface area contributed by atoms with Gasteiger partial charge in [0.25, 0.3) is 11.1 Å². The van der Waals surface area contributed by atoms with Crippen LogP contribution in [0.5, 0.6) is 0 Å². The quantitative estimate of drug-likeness (QED) is 0.588. The minimum Gasteiger partial charge on any atom is -0.324 e. The van der Waals surface area contributed by atoms with E-state index in [1.165, 1.54) is 5.56 Å². The number of imide groups is 1. The topological polar surface area (TPSA) is 66.5 Å². The normalized spacial score (nSPS) is 15.4. The molecule has 0 spiro atoms. The molecule has 144 valence electrons. The summed E-state index contributed by atoms with van der Waals surface area (Å²) >= 11 is 10.1. The lowest BCUT2D eigenvalue weighted by molar-refractivity contribution is -0.127. The largest absolute Gasteiger partial charge is 0.324 e. The summed E-state index contributed by atoms with van der Waals surface area (Å²) in [7, 11) is 0. The van der Waals surface area contributed by atoms with Crippen molar-refractivity contribution >= 4 is 68.1 Å². The molecule has 0 unspecified atom stereocenters. The van der Waals surface area contributed by atoms with Crippen molar-refractivity contribution in [2.45, 2.75) is 13.3 Å². The van der Waals surface area contributed by atoms with E-state index in [0.717, 1.165) is 28.6 Å². The van der Waals surface area contributed by atoms with E-state index in [9.17, 15) is 14.4 Å². The smallest absolute Gasteiger partial charge is 0.294 e. The Balaban J connectivity index is 1.68. The second kappa shape index (κ2) is 8.94. The van der Waals surface area contributed by atoms with E-state index in [-0.39, 0.29) is 6.54 Å². The molecular weight excluding hydrogens is 464 g/mol. The first-order chi connectivity index (χ1) is 13.4. The third-order valence-corrected chi connectivity index (χ3v) is 6.20. The summed E-state index contributed by atoms with van der Waals surface area (Å²) in [6.45, 7) is 1.71. The summed E-state index contributed by atoms with van der Waals surface area (Å²) in [6.07, 6.45) is 2.59. The van der Waals surface area contributed by atoms with E-state index >= 15 is 0 Å². The standard InChI is InChI=1S/C20H16BrClN2O3S/c1-2-12-3-5-13(6-4-12)9-17-19(26)24(20(27)28-17)11-18(25)23-14-7-8-15(21)16(22)10-14/h3-10H,2,11H2,1H3,(H,23,25)/b17-9-. The molecule has 5 nitrogen and oxygen atoms in total. The van der Waals surface area contributed by atoms with Gasteiger partial charge in [0, 0.05) is 10.2 Å². The third-order valence-electron chi connectivity index (χ3n) is 4.06. The molecule has 3 amide bonds. The molecule has 1 fully saturated rings. The highest BCUT2D eigenvalue weighted by Gasteiger charge is 2.36. The van der Waals surface area contributed by atoms with Gasteiger partial charge in [-0.1, -0.05) is 42.8 Å². The third kappa shape index (κ3) is 4.84. The summed E-state index contributed by atoms with van der Waals surface area (Å²) in [5.74, 6) is -0.951. The van der Waals surface area contributed by atoms with Gasteiger partial charge in [-0.3, -0.25) is 19.3 Å². The number of amides is 3. The van der Waals surface area contributed by atoms with Crippen LogP contribution >= 0.6 is 39.3 Å². The second-order valence-electron chi connectivity index (χ2n) is 6.04. The van der Waals surface area contributed by atoms with Crippen molar-refractivity contribution in [1.29, 1.82) is 0 Å². The molecule has 2 aromatic carbocycles. The van der Waals surface area contributed by atoms with Crippen molar-refractivity contribution < 1.29 is 14.4 Å². The van der Waals surface area contributed by atoms with Gasteiger partial charge in [0.1, 0.15) is 6.54 Å². The Kier molecular flexibility index (Phi) is 6.59. The monoisotopic (exact) mass is 478 g/mol. The Morgan fingerprint density at radius 2 is 1.93 bits per heavy atom. The van der Waals surface area contributed by atoms with Gasteiger partial charge in [-0.05, 0) is 69.5 Å². The van der Waals surface area contributed by atoms with Crippen molar-refractivity contribution in [3.63, 3.8) is 0 Å². The zero-order valence-electron chi connectivity index (χ0n) is 14.9. The predicted molar refractivity (Wildman–Crippen MR) is 116 cm³/mol. The molecule has 1 aliphatic rings. The highest BCUT2D eigenvalue weighted by atomic mass is 79.9. The van der Waals surface area contributed by atoms with Crippen LogP contribution in [0.4, 0.5) is 10.5 Å². The number of benzene rings is 2. The van der Waals surface area contributed by atoms with Crippen LogP contribution in [0.15, 0.2) is 51.8 Å². The fourth-order valence-electron chi connectivity index (χ4n) is 2.56. The number of halogens is 2. The number of carbonyl (C=O) groups is 3. The maximum Gasteiger partial charge on any atom is 0.294 e. The Labute approximate surface area is 180 Å². The van der Waals surface area contributed by atoms with E-state index in [4.69, 9.17) is 11.6 Å². The lowest BCUT2D eigenvalue weighted by atomic mass is 10.1. The van der Waals surface area contributed by atoms with Gasteiger partial charge in [0.15, 0.2) is 0 Å². The van der Waals surface area contributed by atoms with E-state index in [0.29, 0.717) is 20.1 Å². The van der Waals surface area contributed by atoms with Crippen LogP contribution in [0.1, 0.15) is 18.1 Å². The number of aryl methyl sites for hydroxylation is 1. The van der Waals surface area contributed by atoms with Crippen molar-refractivity contribution in [1.82, 2.24) is 4.90 Å². The Bertz CT molecular complexity index is 976. The van der Waals surface area contributed by atoms with Crippen molar-refractivity contribution in [3.05, 3.63) is 68.0 Å². The average molecular weight is 480 g/mol. The molecule has 3 rings (SSSR count). The summed E-state index contributed by atoms with van der Waals surface area (Å²) in [5, 5.41) is 2.61. The van der Waals surface area contributed by atoms with Crippen LogP contribution in [0.3, 0.4) is 0 Å². The molecule has 1 heterocycles. The second-order valence-corrected chi connectivity index (χ2v) is 8.29. The van der Waals surface area contributed by atoms with Crippen LogP contribution in [-0.2, 0) is 16.0 Å². The molecule has 0 aromatic heterocycles. The fourth-order valence-corrected chi connectivity index (χ4v) is 3.82. The van der Waals surface area contributed by atoms with E-state index in [1.54, 1.807) is 24.3 Å². The minimum absolute atomic E-state index is 0.300. The van der Waals surface area contributed by atoms with Crippen molar-refractivity contribution in [2.75, 3.05) is 11.9 Å². The zero-order chi connectivity index (χ0) is 20.3. The molecule has 1 saturated heterocycles. The molecule has 1 N–H and O–H groups in total. The first kappa shape index (κ1) is 20.6. The summed E-state index contributed by atoms with van der Waals surface area (Å²) in [4.78, 5) is 38.2. The molecule has 0 saturated carbocycles. The number of nitrogens with one attached hydrogen (secondary N) is 1. The van der Waals surface area contributed by atoms with Gasteiger partial charge in [0.2, 0.25) is 5.91 Å². The van der Waals surface area contributed by atoms with Gasteiger partial charge in [-0.25, -0.2) is 0 Å². The first-order valence-electron chi connectivity index (χ1n) is 8.46. The van der Waals surface area contributed by atoms with Gasteiger partial charge < -0.3 is 5.32 Å². The van der Waals surface area contributed by atoms with Crippen LogP contribution in [0, 0.1) is 0 Å². The van der Waals surface area contributed by atoms with E-state index < -0.39 is 17.1 Å². The fraction of sp³-hybridized carbons (Fsp3) is 0.150. The zero-order valence-corrected chi connectivity index (χ0v) is 18.0. The van der Waals surface area contributed by atoms with Crippen LogP contribution in [0.25, 0.3) is 6.08 Å². The summed E-state index contributed by atoms with van der Waals surface area (Å²) in [5.41, 5.74) is 2.50. The van der Waals surface area contributed by atoms with Crippen molar-refractivity contribution in [3.8, 4) is 0 Å². The maximum absolute atomic E-state index is 12.5. The lowest BCUT2D eigenvalue weighted by Gasteiger charge is -2.12. The maximum atomic E-state index is 12.5. The van der Waals surface area contributed by atoms with Crippen LogP contribution in [0.2, 0.25) is 5.02 Å². The molecule has 0 aliphatic carbocycles. The molecule has 0 bridgehead atoms. The number of rotatable bonds is 5. The average Bonchev–Trinajstić information content (AvgIpc) is 2.93. The number of nitrogens with zero attached hydrogens (tertiary/aromatic N) is 1. The molecule has 2 aromatic rings. The van der Waals surface area contributed by atoms with Crippen LogP contribution in [-0.4, -0.2) is 28.5 Å². The van der Waals surface area contributed by atoms with Gasteiger partial charge >= 0.3 is 0 Å². The number of anilines is 1. The molecule has 0 atom stereocenters. The molecule has 28 heavy (non-hydrogen) atoms. The Hall–Kier alpha value is -2.09. The molecule has 0 radical (unpaired) electrons. The van der Waals surface area contributed by atoms with Crippen molar-refractivity contribution in [2.24, 2.45) is 0 Å². The van der Waals surface area contributed by atoms with Gasteiger partial charge in [-0.2, -0.15) is 0 Å².